The van der Waals surface area contributed by atoms with Gasteiger partial charge in [-0.3, -0.25) is 4.79 Å². The van der Waals surface area contributed by atoms with Gasteiger partial charge in [-0.05, 0) is 30.5 Å². The Kier molecular flexibility index (Phi) is 5.13. The highest BCUT2D eigenvalue weighted by Crippen LogP contribution is 2.26. The van der Waals surface area contributed by atoms with Gasteiger partial charge >= 0.3 is 0 Å². The Morgan fingerprint density at radius 2 is 2.17 bits per heavy atom. The smallest absolute Gasteiger partial charge is 0.259 e. The third-order valence-corrected chi connectivity index (χ3v) is 4.10. The Balaban J connectivity index is 2.13. The van der Waals surface area contributed by atoms with E-state index in [0.717, 1.165) is 18.2 Å². The van der Waals surface area contributed by atoms with Crippen molar-refractivity contribution in [1.82, 2.24) is 4.90 Å². The van der Waals surface area contributed by atoms with Gasteiger partial charge in [-0.15, -0.1) is 0 Å². The standard InChI is InChI=1S/C13H17BrClNO2/c14-7-8-16(10-4-2-1-3-5-10)13(17)11-6-9-18-12(11)15/h6,9-10H,1-5,7-8H2. The van der Waals surface area contributed by atoms with Crippen molar-refractivity contribution < 1.29 is 9.21 Å². The minimum Gasteiger partial charge on any atom is -0.452 e. The van der Waals surface area contributed by atoms with Crippen LogP contribution in [0.3, 0.4) is 0 Å². The molecule has 1 aliphatic rings. The van der Waals surface area contributed by atoms with E-state index in [4.69, 9.17) is 16.0 Å². The molecular formula is C13H17BrClNO2. The van der Waals surface area contributed by atoms with Crippen LogP contribution in [0, 0.1) is 0 Å². The molecule has 0 spiro atoms. The van der Waals surface area contributed by atoms with E-state index < -0.39 is 0 Å². The summed E-state index contributed by atoms with van der Waals surface area (Å²) in [5, 5.41) is 0.973. The Morgan fingerprint density at radius 3 is 2.72 bits per heavy atom. The molecule has 1 aliphatic carbocycles. The Bertz CT molecular complexity index is 401. The van der Waals surface area contributed by atoms with E-state index in [1.54, 1.807) is 6.07 Å². The number of rotatable bonds is 4. The lowest BCUT2D eigenvalue weighted by Crippen LogP contribution is -2.42. The van der Waals surface area contributed by atoms with Gasteiger partial charge in [-0.25, -0.2) is 0 Å². The van der Waals surface area contributed by atoms with E-state index in [0.29, 0.717) is 18.2 Å². The summed E-state index contributed by atoms with van der Waals surface area (Å²) >= 11 is 9.31. The van der Waals surface area contributed by atoms with Crippen molar-refractivity contribution in [2.45, 2.75) is 38.1 Å². The number of hydrogen-bond acceptors (Lipinski definition) is 2. The number of halogens is 2. The summed E-state index contributed by atoms with van der Waals surface area (Å²) < 4.78 is 5.01. The predicted octanol–water partition coefficient (Wildman–Crippen LogP) is 4.10. The zero-order chi connectivity index (χ0) is 13.0. The molecular weight excluding hydrogens is 318 g/mol. The molecule has 100 valence electrons. The molecule has 1 amide bonds. The van der Waals surface area contributed by atoms with Crippen LogP contribution in [-0.2, 0) is 0 Å². The first-order valence-electron chi connectivity index (χ1n) is 6.34. The van der Waals surface area contributed by atoms with Crippen LogP contribution in [0.2, 0.25) is 5.22 Å². The van der Waals surface area contributed by atoms with Gasteiger partial charge in [-0.2, -0.15) is 0 Å². The van der Waals surface area contributed by atoms with Crippen molar-refractivity contribution in [3.8, 4) is 0 Å². The highest BCUT2D eigenvalue weighted by atomic mass is 79.9. The number of alkyl halides is 1. The number of furan rings is 1. The number of amides is 1. The normalized spacial score (nSPS) is 16.8. The molecule has 0 atom stereocenters. The van der Waals surface area contributed by atoms with Crippen LogP contribution in [0.4, 0.5) is 0 Å². The molecule has 0 radical (unpaired) electrons. The van der Waals surface area contributed by atoms with Gasteiger partial charge in [0, 0.05) is 17.9 Å². The first-order valence-corrected chi connectivity index (χ1v) is 7.84. The fourth-order valence-electron chi connectivity index (χ4n) is 2.53. The second-order valence-electron chi connectivity index (χ2n) is 4.59. The van der Waals surface area contributed by atoms with Crippen molar-refractivity contribution in [1.29, 1.82) is 0 Å². The molecule has 0 N–H and O–H groups in total. The molecule has 18 heavy (non-hydrogen) atoms. The van der Waals surface area contributed by atoms with Crippen LogP contribution < -0.4 is 0 Å². The molecule has 3 nitrogen and oxygen atoms in total. The second-order valence-corrected chi connectivity index (χ2v) is 5.72. The third kappa shape index (κ3) is 3.09. The van der Waals surface area contributed by atoms with Gasteiger partial charge in [0.05, 0.1) is 11.8 Å². The molecule has 0 unspecified atom stereocenters. The van der Waals surface area contributed by atoms with Gasteiger partial charge in [0.15, 0.2) is 0 Å². The highest BCUT2D eigenvalue weighted by molar-refractivity contribution is 9.09. The summed E-state index contributed by atoms with van der Waals surface area (Å²) in [5.41, 5.74) is 0.475. The first kappa shape index (κ1) is 13.9. The van der Waals surface area contributed by atoms with Crippen molar-refractivity contribution in [3.05, 3.63) is 23.1 Å². The summed E-state index contributed by atoms with van der Waals surface area (Å²) in [5.74, 6) is -0.0138. The summed E-state index contributed by atoms with van der Waals surface area (Å²) in [6, 6.07) is 1.99. The van der Waals surface area contributed by atoms with Crippen molar-refractivity contribution in [2.24, 2.45) is 0 Å². The van der Waals surface area contributed by atoms with E-state index in [-0.39, 0.29) is 11.1 Å². The monoisotopic (exact) mass is 333 g/mol. The van der Waals surface area contributed by atoms with E-state index in [2.05, 4.69) is 15.9 Å². The molecule has 1 saturated carbocycles. The molecule has 2 rings (SSSR count). The van der Waals surface area contributed by atoms with Crippen LogP contribution in [-0.4, -0.2) is 28.7 Å². The molecule has 0 bridgehead atoms. The van der Waals surface area contributed by atoms with Crippen LogP contribution in [0.1, 0.15) is 42.5 Å². The minimum atomic E-state index is -0.0138. The van der Waals surface area contributed by atoms with E-state index in [9.17, 15) is 4.79 Å². The largest absolute Gasteiger partial charge is 0.452 e. The summed E-state index contributed by atoms with van der Waals surface area (Å²) in [4.78, 5) is 14.4. The molecule has 5 heteroatoms. The van der Waals surface area contributed by atoms with E-state index in [1.165, 1.54) is 25.5 Å². The molecule has 1 heterocycles. The van der Waals surface area contributed by atoms with Crippen molar-refractivity contribution in [3.63, 3.8) is 0 Å². The van der Waals surface area contributed by atoms with Crippen molar-refractivity contribution >= 4 is 33.4 Å². The Hall–Kier alpha value is -0.480. The summed E-state index contributed by atoms with van der Waals surface area (Å²) in [6.45, 7) is 0.713. The molecule has 1 aromatic rings. The maximum absolute atomic E-state index is 12.5. The minimum absolute atomic E-state index is 0.0138. The SMILES string of the molecule is O=C(c1ccoc1Cl)N(CCBr)C1CCCCC1. The molecule has 0 aromatic carbocycles. The Morgan fingerprint density at radius 1 is 1.44 bits per heavy atom. The second kappa shape index (κ2) is 6.62. The van der Waals surface area contributed by atoms with Gasteiger partial charge in [0.25, 0.3) is 5.91 Å². The number of carbonyl (C=O) groups is 1. The van der Waals surface area contributed by atoms with E-state index in [1.807, 2.05) is 4.90 Å². The quantitative estimate of drug-likeness (QED) is 0.777. The predicted molar refractivity (Wildman–Crippen MR) is 75.4 cm³/mol. The number of hydrogen-bond donors (Lipinski definition) is 0. The Labute approximate surface area is 121 Å². The number of nitrogens with zero attached hydrogens (tertiary/aromatic N) is 1. The lowest BCUT2D eigenvalue weighted by atomic mass is 9.94. The van der Waals surface area contributed by atoms with Gasteiger partial charge in [0.2, 0.25) is 5.22 Å². The average Bonchev–Trinajstić information content (AvgIpc) is 2.82. The molecule has 0 saturated heterocycles. The van der Waals surface area contributed by atoms with Gasteiger partial charge < -0.3 is 9.32 Å². The van der Waals surface area contributed by atoms with Crippen molar-refractivity contribution in [2.75, 3.05) is 11.9 Å². The maximum atomic E-state index is 12.5. The topological polar surface area (TPSA) is 33.5 Å². The van der Waals surface area contributed by atoms with Crippen LogP contribution in [0.5, 0.6) is 0 Å². The molecule has 0 aliphatic heterocycles. The van der Waals surface area contributed by atoms with Gasteiger partial charge in [-0.1, -0.05) is 35.2 Å². The van der Waals surface area contributed by atoms with E-state index >= 15 is 0 Å². The highest BCUT2D eigenvalue weighted by Gasteiger charge is 2.27. The summed E-state index contributed by atoms with van der Waals surface area (Å²) in [6.07, 6.45) is 7.33. The lowest BCUT2D eigenvalue weighted by Gasteiger charge is -2.33. The third-order valence-electron chi connectivity index (χ3n) is 3.45. The fraction of sp³-hybridized carbons (Fsp3) is 0.615. The summed E-state index contributed by atoms with van der Waals surface area (Å²) in [7, 11) is 0. The lowest BCUT2D eigenvalue weighted by molar-refractivity contribution is 0.0650. The maximum Gasteiger partial charge on any atom is 0.259 e. The van der Waals surface area contributed by atoms with Crippen LogP contribution >= 0.6 is 27.5 Å². The zero-order valence-electron chi connectivity index (χ0n) is 10.2. The average molecular weight is 335 g/mol. The first-order chi connectivity index (χ1) is 8.74. The number of carbonyl (C=O) groups excluding carboxylic acids is 1. The van der Waals surface area contributed by atoms with Crippen LogP contribution in [0.15, 0.2) is 16.7 Å². The fourth-order valence-corrected chi connectivity index (χ4v) is 3.11. The van der Waals surface area contributed by atoms with Gasteiger partial charge in [0.1, 0.15) is 0 Å². The molecule has 1 fully saturated rings. The molecule has 1 aromatic heterocycles. The zero-order valence-corrected chi connectivity index (χ0v) is 12.5. The van der Waals surface area contributed by atoms with Crippen LogP contribution in [0.25, 0.3) is 0 Å².